The summed E-state index contributed by atoms with van der Waals surface area (Å²) in [6, 6.07) is 10.1. The van der Waals surface area contributed by atoms with Crippen LogP contribution in [0.5, 0.6) is 0 Å². The summed E-state index contributed by atoms with van der Waals surface area (Å²) in [6.07, 6.45) is 9.61. The van der Waals surface area contributed by atoms with Crippen LogP contribution in [-0.4, -0.2) is 38.4 Å². The lowest BCUT2D eigenvalue weighted by molar-refractivity contribution is 0.0702. The highest BCUT2D eigenvalue weighted by Crippen LogP contribution is 2.28. The van der Waals surface area contributed by atoms with Gasteiger partial charge in [-0.2, -0.15) is 0 Å². The largest absolute Gasteiger partial charge is 0.338 e. The number of carbonyl (C=O) groups is 1. The zero-order valence-corrected chi connectivity index (χ0v) is 16.5. The van der Waals surface area contributed by atoms with Crippen LogP contribution in [0.2, 0.25) is 0 Å². The van der Waals surface area contributed by atoms with Crippen molar-refractivity contribution in [2.45, 2.75) is 39.2 Å². The van der Waals surface area contributed by atoms with Crippen molar-refractivity contribution >= 4 is 5.91 Å². The fourth-order valence-corrected chi connectivity index (χ4v) is 4.01. The van der Waals surface area contributed by atoms with Gasteiger partial charge in [0.25, 0.3) is 5.91 Å². The van der Waals surface area contributed by atoms with Crippen molar-refractivity contribution in [1.29, 1.82) is 0 Å². The van der Waals surface area contributed by atoms with Gasteiger partial charge in [-0.1, -0.05) is 23.8 Å². The maximum Gasteiger partial charge on any atom is 0.254 e. The molecule has 0 spiro atoms. The highest BCUT2D eigenvalue weighted by Gasteiger charge is 2.28. The number of carbonyl (C=O) groups excluding carboxylic acids is 1. The molecule has 0 N–H and O–H groups in total. The first kappa shape index (κ1) is 18.4. The summed E-state index contributed by atoms with van der Waals surface area (Å²) in [5, 5.41) is 0. The zero-order chi connectivity index (χ0) is 19.5. The van der Waals surface area contributed by atoms with E-state index in [9.17, 15) is 4.79 Å². The minimum atomic E-state index is 0.135. The zero-order valence-electron chi connectivity index (χ0n) is 16.5. The Labute approximate surface area is 166 Å². The molecule has 1 saturated heterocycles. The summed E-state index contributed by atoms with van der Waals surface area (Å²) in [5.41, 5.74) is 4.13. The first-order chi connectivity index (χ1) is 13.6. The summed E-state index contributed by atoms with van der Waals surface area (Å²) >= 11 is 0. The monoisotopic (exact) mass is 374 g/mol. The molecule has 1 aromatic carbocycles. The number of benzene rings is 1. The van der Waals surface area contributed by atoms with Crippen LogP contribution in [0.3, 0.4) is 0 Å². The molecule has 0 saturated carbocycles. The van der Waals surface area contributed by atoms with Gasteiger partial charge in [0.05, 0.1) is 6.54 Å². The maximum atomic E-state index is 13.2. The number of amides is 1. The maximum absolute atomic E-state index is 13.2. The Morgan fingerprint density at radius 3 is 2.93 bits per heavy atom. The number of hydrogen-bond donors (Lipinski definition) is 0. The molecule has 1 amide bonds. The molecule has 28 heavy (non-hydrogen) atoms. The molecule has 1 atom stereocenters. The number of rotatable bonds is 4. The van der Waals surface area contributed by atoms with Crippen LogP contribution in [-0.2, 0) is 6.54 Å². The Morgan fingerprint density at radius 1 is 1.21 bits per heavy atom. The third kappa shape index (κ3) is 3.84. The molecule has 1 aliphatic heterocycles. The number of aromatic nitrogens is 3. The Kier molecular flexibility index (Phi) is 5.24. The van der Waals surface area contributed by atoms with E-state index in [0.717, 1.165) is 60.6 Å². The fourth-order valence-electron chi connectivity index (χ4n) is 4.01. The van der Waals surface area contributed by atoms with Crippen LogP contribution < -0.4 is 0 Å². The first-order valence-electron chi connectivity index (χ1n) is 9.88. The third-order valence-corrected chi connectivity index (χ3v) is 5.52. The Morgan fingerprint density at radius 2 is 2.11 bits per heavy atom. The van der Waals surface area contributed by atoms with E-state index in [1.807, 2.05) is 55.5 Å². The van der Waals surface area contributed by atoms with Crippen LogP contribution in [0.25, 0.3) is 0 Å². The van der Waals surface area contributed by atoms with Crippen LogP contribution in [0, 0.1) is 13.8 Å². The van der Waals surface area contributed by atoms with E-state index >= 15 is 0 Å². The smallest absolute Gasteiger partial charge is 0.254 e. The van der Waals surface area contributed by atoms with Gasteiger partial charge in [0.15, 0.2) is 0 Å². The quantitative estimate of drug-likeness (QED) is 0.694. The first-order valence-corrected chi connectivity index (χ1v) is 9.88. The number of imidazole rings is 1. The predicted octanol–water partition coefficient (Wildman–Crippen LogP) is 3.96. The third-order valence-electron chi connectivity index (χ3n) is 5.52. The number of pyridine rings is 1. The topological polar surface area (TPSA) is 51.0 Å². The number of piperidine rings is 1. The summed E-state index contributed by atoms with van der Waals surface area (Å²) in [6.45, 7) is 6.33. The average molecular weight is 374 g/mol. The molecule has 0 radical (unpaired) electrons. The highest BCUT2D eigenvalue weighted by molar-refractivity contribution is 5.96. The van der Waals surface area contributed by atoms with Gasteiger partial charge in [0, 0.05) is 49.4 Å². The molecule has 144 valence electrons. The molecule has 5 heteroatoms. The summed E-state index contributed by atoms with van der Waals surface area (Å²) in [4.78, 5) is 24.0. The second-order valence-corrected chi connectivity index (χ2v) is 7.68. The molecule has 0 bridgehead atoms. The molecule has 1 aliphatic rings. The molecule has 4 rings (SSSR count). The SMILES string of the molecule is Cc1ccc(C)c(C(=O)N2CCCC(c3nccn3Cc3cccnc3)C2)c1. The van der Waals surface area contributed by atoms with E-state index in [1.165, 1.54) is 0 Å². The van der Waals surface area contributed by atoms with Crippen molar-refractivity contribution < 1.29 is 4.79 Å². The molecular formula is C23H26N4O. The van der Waals surface area contributed by atoms with Crippen LogP contribution in [0.1, 0.15) is 51.6 Å². The van der Waals surface area contributed by atoms with Crippen LogP contribution in [0.15, 0.2) is 55.1 Å². The highest BCUT2D eigenvalue weighted by atomic mass is 16.2. The lowest BCUT2D eigenvalue weighted by Crippen LogP contribution is -2.40. The normalized spacial score (nSPS) is 16.9. The lowest BCUT2D eigenvalue weighted by atomic mass is 9.95. The molecule has 3 heterocycles. The van der Waals surface area contributed by atoms with E-state index in [4.69, 9.17) is 0 Å². The van der Waals surface area contributed by atoms with Gasteiger partial charge in [0.2, 0.25) is 0 Å². The van der Waals surface area contributed by atoms with Crippen LogP contribution >= 0.6 is 0 Å². The van der Waals surface area contributed by atoms with E-state index in [-0.39, 0.29) is 11.8 Å². The van der Waals surface area contributed by atoms with Crippen LogP contribution in [0.4, 0.5) is 0 Å². The Hall–Kier alpha value is -2.95. The number of likely N-dealkylation sites (tertiary alicyclic amines) is 1. The minimum Gasteiger partial charge on any atom is -0.338 e. The molecule has 5 nitrogen and oxygen atoms in total. The van der Waals surface area contributed by atoms with Crippen molar-refractivity contribution in [1.82, 2.24) is 19.4 Å². The molecule has 1 fully saturated rings. The Balaban J connectivity index is 1.53. The summed E-state index contributed by atoms with van der Waals surface area (Å²) < 4.78 is 2.19. The molecule has 2 aromatic heterocycles. The second-order valence-electron chi connectivity index (χ2n) is 7.68. The lowest BCUT2D eigenvalue weighted by Gasteiger charge is -2.33. The molecule has 1 unspecified atom stereocenters. The predicted molar refractivity (Wildman–Crippen MR) is 109 cm³/mol. The van der Waals surface area contributed by atoms with Gasteiger partial charge in [-0.25, -0.2) is 4.98 Å². The second kappa shape index (κ2) is 7.97. The number of hydrogen-bond acceptors (Lipinski definition) is 3. The van der Waals surface area contributed by atoms with Gasteiger partial charge in [0.1, 0.15) is 5.82 Å². The minimum absolute atomic E-state index is 0.135. The van der Waals surface area contributed by atoms with E-state index in [0.29, 0.717) is 0 Å². The van der Waals surface area contributed by atoms with Crippen molar-refractivity contribution in [2.75, 3.05) is 13.1 Å². The number of aryl methyl sites for hydroxylation is 2. The van der Waals surface area contributed by atoms with Crippen molar-refractivity contribution in [2.24, 2.45) is 0 Å². The van der Waals surface area contributed by atoms with Gasteiger partial charge in [-0.05, 0) is 49.9 Å². The van der Waals surface area contributed by atoms with E-state index in [2.05, 4.69) is 26.7 Å². The molecule has 0 aliphatic carbocycles. The van der Waals surface area contributed by atoms with Gasteiger partial charge >= 0.3 is 0 Å². The van der Waals surface area contributed by atoms with E-state index in [1.54, 1.807) is 6.20 Å². The molecule has 3 aromatic rings. The van der Waals surface area contributed by atoms with Crippen molar-refractivity contribution in [3.8, 4) is 0 Å². The number of nitrogens with zero attached hydrogens (tertiary/aromatic N) is 4. The molecular weight excluding hydrogens is 348 g/mol. The van der Waals surface area contributed by atoms with Gasteiger partial charge in [-0.15, -0.1) is 0 Å². The Bertz CT molecular complexity index is 964. The standard InChI is InChI=1S/C23H26N4O/c1-17-7-8-18(2)21(13-17)23(28)27-11-4-6-20(16-27)22-25-10-12-26(22)15-19-5-3-9-24-14-19/h3,5,7-10,12-14,20H,4,6,11,15-16H2,1-2H3. The summed E-state index contributed by atoms with van der Waals surface area (Å²) in [7, 11) is 0. The average Bonchev–Trinajstić information content (AvgIpc) is 3.18. The summed E-state index contributed by atoms with van der Waals surface area (Å²) in [5.74, 6) is 1.45. The van der Waals surface area contributed by atoms with Crippen molar-refractivity contribution in [3.05, 3.63) is 83.2 Å². The fraction of sp³-hybridized carbons (Fsp3) is 0.348. The van der Waals surface area contributed by atoms with E-state index < -0.39 is 0 Å². The van der Waals surface area contributed by atoms with Gasteiger partial charge in [-0.3, -0.25) is 9.78 Å². The van der Waals surface area contributed by atoms with Crippen molar-refractivity contribution in [3.63, 3.8) is 0 Å². The van der Waals surface area contributed by atoms with Gasteiger partial charge < -0.3 is 9.47 Å².